The zero-order valence-corrected chi connectivity index (χ0v) is 21.4. The fourth-order valence-electron chi connectivity index (χ4n) is 4.29. The number of halogens is 1. The Labute approximate surface area is 208 Å². The van der Waals surface area contributed by atoms with Crippen LogP contribution in [0.1, 0.15) is 42.7 Å². The molecule has 0 N–H and O–H groups in total. The fourth-order valence-corrected chi connectivity index (χ4v) is 4.86. The van der Waals surface area contributed by atoms with Crippen LogP contribution in [-0.4, -0.2) is 27.5 Å². The molecule has 0 unspecified atom stereocenters. The topological polar surface area (TPSA) is 64.2 Å². The van der Waals surface area contributed by atoms with Crippen LogP contribution < -0.4 is 4.90 Å². The van der Waals surface area contributed by atoms with E-state index in [1.165, 1.54) is 5.56 Å². The van der Waals surface area contributed by atoms with Gasteiger partial charge in [-0.2, -0.15) is 0 Å². The summed E-state index contributed by atoms with van der Waals surface area (Å²) in [5.41, 5.74) is 7.51. The van der Waals surface area contributed by atoms with Gasteiger partial charge in [0.05, 0.1) is 17.7 Å². The number of unbranched alkanes of at least 4 members (excludes halogenated alkanes) is 3. The molecular weight excluding hydrogens is 492 g/mol. The van der Waals surface area contributed by atoms with Crippen molar-refractivity contribution < 1.29 is 9.32 Å². The van der Waals surface area contributed by atoms with Gasteiger partial charge in [0.15, 0.2) is 0 Å². The number of hydrogen-bond donors (Lipinski definition) is 0. The van der Waals surface area contributed by atoms with Crippen LogP contribution in [0.25, 0.3) is 16.8 Å². The maximum atomic E-state index is 10.7. The zero-order chi connectivity index (χ0) is 24.1. The van der Waals surface area contributed by atoms with Crippen LogP contribution in [0.15, 0.2) is 64.1 Å². The monoisotopic (exact) mass is 520 g/mol. The van der Waals surface area contributed by atoms with Crippen LogP contribution in [0.5, 0.6) is 0 Å². The minimum atomic E-state index is 0.617. The van der Waals surface area contributed by atoms with E-state index in [0.29, 0.717) is 6.42 Å². The summed E-state index contributed by atoms with van der Waals surface area (Å²) in [6.07, 6.45) is 10.0. The van der Waals surface area contributed by atoms with Gasteiger partial charge in [0.1, 0.15) is 12.0 Å². The Bertz CT molecular complexity index is 1240. The van der Waals surface area contributed by atoms with Crippen LogP contribution in [0.4, 0.5) is 11.4 Å². The summed E-state index contributed by atoms with van der Waals surface area (Å²) in [5.74, 6) is 0.820. The minimum absolute atomic E-state index is 0.617. The Balaban J connectivity index is 1.72. The number of rotatable bonds is 10. The molecule has 0 saturated heterocycles. The zero-order valence-electron chi connectivity index (χ0n) is 19.8. The average Bonchev–Trinajstić information content (AvgIpc) is 3.47. The molecular formula is C27H29BrN4O2. The van der Waals surface area contributed by atoms with Gasteiger partial charge >= 0.3 is 0 Å². The third-order valence-electron chi connectivity index (χ3n) is 6.05. The molecule has 4 aromatic rings. The van der Waals surface area contributed by atoms with Crippen LogP contribution in [0.2, 0.25) is 0 Å². The smallest absolute Gasteiger partial charge is 0.141 e. The molecule has 0 aliphatic heterocycles. The predicted octanol–water partition coefficient (Wildman–Crippen LogP) is 7.11. The summed E-state index contributed by atoms with van der Waals surface area (Å²) < 4.78 is 8.41. The number of carbonyl (C=O) groups excluding carboxylic acids is 1. The second kappa shape index (κ2) is 10.8. The number of aryl methyl sites for hydroxylation is 3. The van der Waals surface area contributed by atoms with Crippen molar-refractivity contribution in [2.24, 2.45) is 0 Å². The van der Waals surface area contributed by atoms with Gasteiger partial charge in [0, 0.05) is 46.8 Å². The van der Waals surface area contributed by atoms with E-state index in [4.69, 9.17) is 4.52 Å². The molecule has 0 saturated carbocycles. The lowest BCUT2D eigenvalue weighted by Gasteiger charge is -2.28. The first-order valence-corrected chi connectivity index (χ1v) is 12.3. The van der Waals surface area contributed by atoms with E-state index in [1.54, 1.807) is 12.5 Å². The molecule has 0 spiro atoms. The maximum Gasteiger partial charge on any atom is 0.141 e. The highest BCUT2D eigenvalue weighted by Gasteiger charge is 2.18. The van der Waals surface area contributed by atoms with Crippen LogP contribution in [0.3, 0.4) is 0 Å². The summed E-state index contributed by atoms with van der Waals surface area (Å²) in [6, 6.07) is 12.9. The standard InChI is InChI=1S/C27H29BrN4O2/c1-19-8-9-22(27-20(2)30-34-21(27)3)16-26(19)32(13-6-4-5-7-15-33)23-10-11-25(24(28)17-23)31-14-12-29-18-31/h8-12,14-18H,4-7,13H2,1-3H3. The quantitative estimate of drug-likeness (QED) is 0.164. The molecule has 0 fully saturated rings. The normalized spacial score (nSPS) is 11.1. The van der Waals surface area contributed by atoms with Crippen molar-refractivity contribution in [3.05, 3.63) is 76.6 Å². The van der Waals surface area contributed by atoms with Gasteiger partial charge in [-0.3, -0.25) is 0 Å². The number of hydrogen-bond acceptors (Lipinski definition) is 5. The van der Waals surface area contributed by atoms with Crippen molar-refractivity contribution in [2.45, 2.75) is 46.5 Å². The van der Waals surface area contributed by atoms with E-state index < -0.39 is 0 Å². The number of benzene rings is 2. The van der Waals surface area contributed by atoms with Crippen LogP contribution >= 0.6 is 15.9 Å². The van der Waals surface area contributed by atoms with Crippen molar-refractivity contribution in [2.75, 3.05) is 11.4 Å². The first-order valence-electron chi connectivity index (χ1n) is 11.5. The first-order chi connectivity index (χ1) is 16.5. The molecule has 0 radical (unpaired) electrons. The number of nitrogens with zero attached hydrogens (tertiary/aromatic N) is 4. The Morgan fingerprint density at radius 1 is 1.09 bits per heavy atom. The fraction of sp³-hybridized carbons (Fsp3) is 0.296. The number of aromatic nitrogens is 3. The van der Waals surface area contributed by atoms with Gasteiger partial charge in [-0.15, -0.1) is 0 Å². The molecule has 4 rings (SSSR count). The predicted molar refractivity (Wildman–Crippen MR) is 139 cm³/mol. The van der Waals surface area contributed by atoms with E-state index in [0.717, 1.165) is 76.2 Å². The molecule has 2 aromatic heterocycles. The second-order valence-corrected chi connectivity index (χ2v) is 9.33. The highest BCUT2D eigenvalue weighted by Crippen LogP contribution is 2.37. The van der Waals surface area contributed by atoms with Crippen LogP contribution in [-0.2, 0) is 4.79 Å². The first kappa shape index (κ1) is 24.0. The van der Waals surface area contributed by atoms with E-state index in [1.807, 2.05) is 24.6 Å². The molecule has 6 nitrogen and oxygen atoms in total. The number of imidazole rings is 1. The molecule has 176 valence electrons. The summed E-state index contributed by atoms with van der Waals surface area (Å²) >= 11 is 3.76. The van der Waals surface area contributed by atoms with E-state index in [2.05, 4.69) is 74.3 Å². The lowest BCUT2D eigenvalue weighted by molar-refractivity contribution is -0.107. The average molecular weight is 521 g/mol. The highest BCUT2D eigenvalue weighted by atomic mass is 79.9. The Morgan fingerprint density at radius 2 is 1.94 bits per heavy atom. The molecule has 0 amide bonds. The summed E-state index contributed by atoms with van der Waals surface area (Å²) in [4.78, 5) is 17.3. The van der Waals surface area contributed by atoms with Crippen molar-refractivity contribution in [3.8, 4) is 16.8 Å². The van der Waals surface area contributed by atoms with Gasteiger partial charge in [0.25, 0.3) is 0 Å². The van der Waals surface area contributed by atoms with Gasteiger partial charge in [-0.05, 0) is 84.9 Å². The Morgan fingerprint density at radius 3 is 2.62 bits per heavy atom. The third kappa shape index (κ3) is 5.14. The highest BCUT2D eigenvalue weighted by molar-refractivity contribution is 9.10. The van der Waals surface area contributed by atoms with Crippen molar-refractivity contribution >= 4 is 33.6 Å². The Kier molecular flexibility index (Phi) is 7.63. The number of carbonyl (C=O) groups is 1. The van der Waals surface area contributed by atoms with E-state index >= 15 is 0 Å². The van der Waals surface area contributed by atoms with Gasteiger partial charge in [0.2, 0.25) is 0 Å². The molecule has 2 heterocycles. The van der Waals surface area contributed by atoms with Crippen molar-refractivity contribution in [1.82, 2.24) is 14.7 Å². The molecule has 34 heavy (non-hydrogen) atoms. The number of anilines is 2. The Hall–Kier alpha value is -3.19. The summed E-state index contributed by atoms with van der Waals surface area (Å²) in [6.45, 7) is 6.91. The molecule has 7 heteroatoms. The van der Waals surface area contributed by atoms with Gasteiger partial charge < -0.3 is 18.8 Å². The van der Waals surface area contributed by atoms with E-state index in [-0.39, 0.29) is 0 Å². The SMILES string of the molecule is Cc1ccc(-c2c(C)noc2C)cc1N(CCCCCC=O)c1ccc(-n2ccnc2)c(Br)c1. The summed E-state index contributed by atoms with van der Waals surface area (Å²) in [5, 5.41) is 4.14. The van der Waals surface area contributed by atoms with Gasteiger partial charge in [-0.1, -0.05) is 23.7 Å². The minimum Gasteiger partial charge on any atom is -0.361 e. The number of aldehydes is 1. The lowest BCUT2D eigenvalue weighted by atomic mass is 10.0. The molecule has 0 aliphatic carbocycles. The molecule has 0 aliphatic rings. The summed E-state index contributed by atoms with van der Waals surface area (Å²) in [7, 11) is 0. The lowest BCUT2D eigenvalue weighted by Crippen LogP contribution is -2.20. The molecule has 0 bridgehead atoms. The molecule has 2 aromatic carbocycles. The van der Waals surface area contributed by atoms with E-state index in [9.17, 15) is 4.79 Å². The van der Waals surface area contributed by atoms with Crippen molar-refractivity contribution in [1.29, 1.82) is 0 Å². The third-order valence-corrected chi connectivity index (χ3v) is 6.69. The van der Waals surface area contributed by atoms with Gasteiger partial charge in [-0.25, -0.2) is 4.98 Å². The van der Waals surface area contributed by atoms with Crippen molar-refractivity contribution in [3.63, 3.8) is 0 Å². The second-order valence-electron chi connectivity index (χ2n) is 8.47. The molecule has 0 atom stereocenters. The largest absolute Gasteiger partial charge is 0.361 e. The van der Waals surface area contributed by atoms with Crippen LogP contribution in [0, 0.1) is 20.8 Å². The maximum absolute atomic E-state index is 10.7.